The number of fused-ring (bicyclic) bond motifs is 1. The third-order valence-electron chi connectivity index (χ3n) is 4.69. The summed E-state index contributed by atoms with van der Waals surface area (Å²) in [6, 6.07) is 12.5. The Morgan fingerprint density at radius 3 is 2.59 bits per heavy atom. The van der Waals surface area contributed by atoms with Gasteiger partial charge in [0.1, 0.15) is 5.82 Å². The van der Waals surface area contributed by atoms with Gasteiger partial charge < -0.3 is 9.80 Å². The van der Waals surface area contributed by atoms with Crippen LogP contribution in [-0.4, -0.2) is 47.7 Å². The van der Waals surface area contributed by atoms with E-state index in [2.05, 4.69) is 30.0 Å². The van der Waals surface area contributed by atoms with Gasteiger partial charge in [-0.25, -0.2) is 9.37 Å². The zero-order valence-electron chi connectivity index (χ0n) is 15.0. The molecule has 0 spiro atoms. The first kappa shape index (κ1) is 18.3. The number of carbonyl (C=O) groups is 1. The Kier molecular flexibility index (Phi) is 5.31. The number of piperazine rings is 1. The number of rotatable bonds is 4. The molecule has 1 aromatic heterocycles. The number of para-hydroxylation sites is 1. The number of aromatic nitrogens is 1. The molecular weight excluding hydrogens is 381 g/mol. The van der Waals surface area contributed by atoms with Crippen molar-refractivity contribution < 1.29 is 9.18 Å². The minimum absolute atomic E-state index is 0.129. The van der Waals surface area contributed by atoms with Crippen LogP contribution in [0.15, 0.2) is 47.4 Å². The zero-order chi connectivity index (χ0) is 18.8. The van der Waals surface area contributed by atoms with Gasteiger partial charge in [-0.05, 0) is 42.8 Å². The molecule has 0 N–H and O–H groups in total. The van der Waals surface area contributed by atoms with Crippen LogP contribution in [0.4, 0.5) is 9.52 Å². The van der Waals surface area contributed by atoms with E-state index in [0.717, 1.165) is 28.6 Å². The summed E-state index contributed by atoms with van der Waals surface area (Å²) < 4.78 is 14.2. The second kappa shape index (κ2) is 7.86. The molecule has 1 fully saturated rings. The van der Waals surface area contributed by atoms with Crippen LogP contribution < -0.4 is 4.90 Å². The van der Waals surface area contributed by atoms with Crippen LogP contribution in [0, 0.1) is 12.7 Å². The Hall–Kier alpha value is -2.12. The van der Waals surface area contributed by atoms with Gasteiger partial charge in [0.15, 0.2) is 5.13 Å². The minimum atomic E-state index is -0.258. The summed E-state index contributed by atoms with van der Waals surface area (Å²) >= 11 is 3.16. The van der Waals surface area contributed by atoms with E-state index in [4.69, 9.17) is 4.98 Å². The number of carbonyl (C=O) groups excluding carboxylic acids is 1. The van der Waals surface area contributed by atoms with E-state index < -0.39 is 0 Å². The number of benzene rings is 2. The summed E-state index contributed by atoms with van der Waals surface area (Å²) in [4.78, 5) is 22.3. The average molecular weight is 402 g/mol. The molecule has 2 heterocycles. The van der Waals surface area contributed by atoms with Crippen molar-refractivity contribution in [3.63, 3.8) is 0 Å². The number of nitrogens with zero attached hydrogens (tertiary/aromatic N) is 3. The third kappa shape index (κ3) is 4.09. The van der Waals surface area contributed by atoms with Crippen molar-refractivity contribution in [2.45, 2.75) is 11.8 Å². The first-order valence-electron chi connectivity index (χ1n) is 8.87. The van der Waals surface area contributed by atoms with Crippen molar-refractivity contribution in [3.8, 4) is 0 Å². The van der Waals surface area contributed by atoms with Crippen molar-refractivity contribution in [1.29, 1.82) is 0 Å². The van der Waals surface area contributed by atoms with Crippen LogP contribution in [0.1, 0.15) is 5.56 Å². The molecule has 2 aromatic carbocycles. The summed E-state index contributed by atoms with van der Waals surface area (Å²) in [5.41, 5.74) is 2.27. The summed E-state index contributed by atoms with van der Waals surface area (Å²) in [5, 5.41) is 1.03. The molecule has 1 amide bonds. The SMILES string of the molecule is Cc1cccc2sc(N3CCN(C(=O)CSc4ccc(F)cc4)CC3)nc12. The van der Waals surface area contributed by atoms with Crippen LogP contribution in [0.5, 0.6) is 0 Å². The molecule has 1 aliphatic heterocycles. The van der Waals surface area contributed by atoms with Gasteiger partial charge in [0.05, 0.1) is 16.0 Å². The minimum Gasteiger partial charge on any atom is -0.345 e. The van der Waals surface area contributed by atoms with Crippen molar-refractivity contribution in [2.75, 3.05) is 36.8 Å². The molecular formula is C20H20FN3OS2. The fraction of sp³-hybridized carbons (Fsp3) is 0.300. The lowest BCUT2D eigenvalue weighted by Crippen LogP contribution is -2.49. The number of thiazole rings is 1. The first-order valence-corrected chi connectivity index (χ1v) is 10.7. The highest BCUT2D eigenvalue weighted by atomic mass is 32.2. The Morgan fingerprint density at radius 1 is 1.15 bits per heavy atom. The third-order valence-corrected chi connectivity index (χ3v) is 6.77. The molecule has 1 aliphatic rings. The molecule has 0 atom stereocenters. The number of hydrogen-bond donors (Lipinski definition) is 0. The fourth-order valence-corrected chi connectivity index (χ4v) is 5.02. The van der Waals surface area contributed by atoms with Gasteiger partial charge in [-0.2, -0.15) is 0 Å². The van der Waals surface area contributed by atoms with Crippen LogP contribution in [0.3, 0.4) is 0 Å². The summed E-state index contributed by atoms with van der Waals surface area (Å²) in [5.74, 6) is 0.252. The Bertz CT molecular complexity index is 950. The monoisotopic (exact) mass is 401 g/mol. The largest absolute Gasteiger partial charge is 0.345 e. The van der Waals surface area contributed by atoms with E-state index in [1.165, 1.54) is 34.2 Å². The van der Waals surface area contributed by atoms with Crippen molar-refractivity contribution in [3.05, 3.63) is 53.8 Å². The molecule has 4 rings (SSSR count). The van der Waals surface area contributed by atoms with E-state index >= 15 is 0 Å². The highest BCUT2D eigenvalue weighted by Gasteiger charge is 2.23. The van der Waals surface area contributed by atoms with Crippen LogP contribution in [0.2, 0.25) is 0 Å². The molecule has 27 heavy (non-hydrogen) atoms. The van der Waals surface area contributed by atoms with Gasteiger partial charge in [0.25, 0.3) is 0 Å². The van der Waals surface area contributed by atoms with Gasteiger partial charge in [-0.3, -0.25) is 4.79 Å². The van der Waals surface area contributed by atoms with Crippen LogP contribution >= 0.6 is 23.1 Å². The second-order valence-electron chi connectivity index (χ2n) is 6.53. The second-order valence-corrected chi connectivity index (χ2v) is 8.59. The Balaban J connectivity index is 1.33. The standard InChI is InChI=1S/C20H20FN3OS2/c1-14-3-2-4-17-19(14)22-20(27-17)24-11-9-23(10-12-24)18(25)13-26-16-7-5-15(21)6-8-16/h2-8H,9-13H2,1H3. The van der Waals surface area contributed by atoms with E-state index in [1.807, 2.05) is 4.90 Å². The summed E-state index contributed by atoms with van der Waals surface area (Å²) in [7, 11) is 0. The molecule has 0 unspecified atom stereocenters. The summed E-state index contributed by atoms with van der Waals surface area (Å²) in [6.07, 6.45) is 0. The molecule has 1 saturated heterocycles. The zero-order valence-corrected chi connectivity index (χ0v) is 16.7. The molecule has 4 nitrogen and oxygen atoms in total. The van der Waals surface area contributed by atoms with Crippen molar-refractivity contribution >= 4 is 44.4 Å². The molecule has 0 radical (unpaired) electrons. The van der Waals surface area contributed by atoms with E-state index in [1.54, 1.807) is 23.5 Å². The lowest BCUT2D eigenvalue weighted by Gasteiger charge is -2.34. The lowest BCUT2D eigenvalue weighted by molar-refractivity contribution is -0.128. The van der Waals surface area contributed by atoms with Gasteiger partial charge in [-0.1, -0.05) is 23.5 Å². The first-order chi connectivity index (χ1) is 13.1. The van der Waals surface area contributed by atoms with Crippen molar-refractivity contribution in [2.24, 2.45) is 0 Å². The molecule has 7 heteroatoms. The smallest absolute Gasteiger partial charge is 0.233 e. The quantitative estimate of drug-likeness (QED) is 0.615. The highest BCUT2D eigenvalue weighted by Crippen LogP contribution is 2.31. The Labute approximate surface area is 166 Å². The fourth-order valence-electron chi connectivity index (χ4n) is 3.12. The molecule has 0 saturated carbocycles. The normalized spacial score (nSPS) is 14.7. The number of anilines is 1. The van der Waals surface area contributed by atoms with E-state index in [-0.39, 0.29) is 11.7 Å². The number of hydrogen-bond acceptors (Lipinski definition) is 5. The van der Waals surface area contributed by atoms with Crippen LogP contribution in [0.25, 0.3) is 10.2 Å². The van der Waals surface area contributed by atoms with E-state index in [9.17, 15) is 9.18 Å². The van der Waals surface area contributed by atoms with Crippen LogP contribution in [-0.2, 0) is 4.79 Å². The predicted molar refractivity (Wildman–Crippen MR) is 110 cm³/mol. The maximum Gasteiger partial charge on any atom is 0.233 e. The number of halogens is 1. The summed E-state index contributed by atoms with van der Waals surface area (Å²) in [6.45, 7) is 5.09. The Morgan fingerprint density at radius 2 is 1.89 bits per heavy atom. The average Bonchev–Trinajstić information content (AvgIpc) is 3.13. The molecule has 3 aromatic rings. The van der Waals surface area contributed by atoms with Gasteiger partial charge in [0, 0.05) is 31.1 Å². The van der Waals surface area contributed by atoms with Gasteiger partial charge in [-0.15, -0.1) is 11.8 Å². The number of thioether (sulfide) groups is 1. The van der Waals surface area contributed by atoms with E-state index in [0.29, 0.717) is 18.8 Å². The van der Waals surface area contributed by atoms with Crippen molar-refractivity contribution in [1.82, 2.24) is 9.88 Å². The maximum absolute atomic E-state index is 12.9. The maximum atomic E-state index is 12.9. The molecule has 0 aliphatic carbocycles. The molecule has 140 valence electrons. The lowest BCUT2D eigenvalue weighted by atomic mass is 10.2. The highest BCUT2D eigenvalue weighted by molar-refractivity contribution is 8.00. The number of aryl methyl sites for hydroxylation is 1. The molecule has 0 bridgehead atoms. The predicted octanol–water partition coefficient (Wildman–Crippen LogP) is 4.18. The van der Waals surface area contributed by atoms with Gasteiger partial charge >= 0.3 is 0 Å². The number of amides is 1. The van der Waals surface area contributed by atoms with Gasteiger partial charge in [0.2, 0.25) is 5.91 Å². The topological polar surface area (TPSA) is 36.4 Å².